The van der Waals surface area contributed by atoms with Crippen LogP contribution in [0.4, 0.5) is 0 Å². The number of carboxylic acid groups (broad SMARTS) is 1. The zero-order valence-corrected chi connectivity index (χ0v) is 10.1. The summed E-state index contributed by atoms with van der Waals surface area (Å²) in [6, 6.07) is 5.65. The molecule has 1 unspecified atom stereocenters. The summed E-state index contributed by atoms with van der Waals surface area (Å²) in [5, 5.41) is 8.54. The summed E-state index contributed by atoms with van der Waals surface area (Å²) in [6.45, 7) is 2.00. The lowest BCUT2D eigenvalue weighted by Crippen LogP contribution is -2.12. The molecule has 1 rings (SSSR count). The Bertz CT molecular complexity index is 366. The predicted molar refractivity (Wildman–Crippen MR) is 62.7 cm³/mol. The van der Waals surface area contributed by atoms with Gasteiger partial charge in [0.25, 0.3) is 0 Å². The SMILES string of the molecule is Cc1ccc(C(N)CCC(=O)O)cc1Br. The lowest BCUT2D eigenvalue weighted by atomic mass is 10.0. The van der Waals surface area contributed by atoms with Crippen LogP contribution in [0.2, 0.25) is 0 Å². The van der Waals surface area contributed by atoms with Crippen LogP contribution < -0.4 is 5.73 Å². The first-order valence-electron chi connectivity index (χ1n) is 4.74. The molecule has 0 saturated carbocycles. The van der Waals surface area contributed by atoms with Gasteiger partial charge in [0, 0.05) is 16.9 Å². The van der Waals surface area contributed by atoms with Crippen molar-refractivity contribution in [2.24, 2.45) is 5.73 Å². The van der Waals surface area contributed by atoms with E-state index >= 15 is 0 Å². The minimum atomic E-state index is -0.809. The van der Waals surface area contributed by atoms with Crippen molar-refractivity contribution in [3.63, 3.8) is 0 Å². The second-order valence-corrected chi connectivity index (χ2v) is 4.40. The fourth-order valence-corrected chi connectivity index (χ4v) is 1.68. The molecule has 4 heteroatoms. The number of benzene rings is 1. The van der Waals surface area contributed by atoms with Crippen LogP contribution in [0.3, 0.4) is 0 Å². The van der Waals surface area contributed by atoms with Crippen molar-refractivity contribution in [2.45, 2.75) is 25.8 Å². The van der Waals surface area contributed by atoms with Crippen LogP contribution in [0, 0.1) is 6.92 Å². The van der Waals surface area contributed by atoms with Gasteiger partial charge in [-0.05, 0) is 30.5 Å². The molecule has 0 spiro atoms. The fraction of sp³-hybridized carbons (Fsp3) is 0.364. The summed E-state index contributed by atoms with van der Waals surface area (Å²) in [5.41, 5.74) is 7.99. The van der Waals surface area contributed by atoms with Gasteiger partial charge in [-0.3, -0.25) is 4.79 Å². The molecule has 0 heterocycles. The summed E-state index contributed by atoms with van der Waals surface area (Å²) < 4.78 is 1.01. The molecule has 0 aliphatic carbocycles. The minimum Gasteiger partial charge on any atom is -0.481 e. The zero-order chi connectivity index (χ0) is 11.4. The van der Waals surface area contributed by atoms with Gasteiger partial charge >= 0.3 is 5.97 Å². The molecule has 82 valence electrons. The van der Waals surface area contributed by atoms with Crippen molar-refractivity contribution in [1.82, 2.24) is 0 Å². The Kier molecular flexibility index (Phi) is 4.29. The first-order chi connectivity index (χ1) is 7.00. The highest BCUT2D eigenvalue weighted by Gasteiger charge is 2.09. The number of halogens is 1. The number of nitrogens with two attached hydrogens (primary N) is 1. The number of carboxylic acids is 1. The van der Waals surface area contributed by atoms with E-state index in [1.165, 1.54) is 0 Å². The average Bonchev–Trinajstić information content (AvgIpc) is 2.18. The summed E-state index contributed by atoms with van der Waals surface area (Å²) in [6.07, 6.45) is 0.567. The van der Waals surface area contributed by atoms with Crippen LogP contribution >= 0.6 is 15.9 Å². The Labute approximate surface area is 97.4 Å². The number of carbonyl (C=O) groups is 1. The quantitative estimate of drug-likeness (QED) is 0.885. The van der Waals surface area contributed by atoms with E-state index in [9.17, 15) is 4.79 Å². The fourth-order valence-electron chi connectivity index (χ4n) is 1.29. The molecule has 1 aromatic rings. The molecular weight excluding hydrogens is 258 g/mol. The van der Waals surface area contributed by atoms with E-state index < -0.39 is 5.97 Å². The molecule has 0 bridgehead atoms. The highest BCUT2D eigenvalue weighted by Crippen LogP contribution is 2.22. The second kappa shape index (κ2) is 5.28. The lowest BCUT2D eigenvalue weighted by molar-refractivity contribution is -0.137. The van der Waals surface area contributed by atoms with Gasteiger partial charge in [-0.1, -0.05) is 28.1 Å². The van der Waals surface area contributed by atoms with Gasteiger partial charge in [-0.2, -0.15) is 0 Å². The summed E-state index contributed by atoms with van der Waals surface area (Å²) in [4.78, 5) is 10.4. The van der Waals surface area contributed by atoms with Crippen LogP contribution in [-0.4, -0.2) is 11.1 Å². The van der Waals surface area contributed by atoms with E-state index in [1.54, 1.807) is 0 Å². The van der Waals surface area contributed by atoms with E-state index in [0.717, 1.165) is 15.6 Å². The van der Waals surface area contributed by atoms with Gasteiger partial charge in [0.15, 0.2) is 0 Å². The normalized spacial score (nSPS) is 12.5. The Hall–Kier alpha value is -0.870. The maximum absolute atomic E-state index is 10.4. The molecule has 1 atom stereocenters. The third-order valence-corrected chi connectivity index (χ3v) is 3.15. The molecule has 3 nitrogen and oxygen atoms in total. The molecule has 0 aliphatic rings. The van der Waals surface area contributed by atoms with Crippen molar-refractivity contribution in [1.29, 1.82) is 0 Å². The van der Waals surface area contributed by atoms with Gasteiger partial charge in [-0.15, -0.1) is 0 Å². The first-order valence-corrected chi connectivity index (χ1v) is 5.53. The maximum atomic E-state index is 10.4. The molecule has 0 amide bonds. The van der Waals surface area contributed by atoms with Gasteiger partial charge < -0.3 is 10.8 Å². The summed E-state index contributed by atoms with van der Waals surface area (Å²) in [7, 11) is 0. The molecule has 0 aliphatic heterocycles. The standard InChI is InChI=1S/C11H14BrNO2/c1-7-2-3-8(6-9(7)12)10(13)4-5-11(14)15/h2-3,6,10H,4-5,13H2,1H3,(H,14,15). The number of aryl methyl sites for hydroxylation is 1. The number of rotatable bonds is 4. The van der Waals surface area contributed by atoms with Gasteiger partial charge in [0.1, 0.15) is 0 Å². The summed E-state index contributed by atoms with van der Waals surface area (Å²) in [5.74, 6) is -0.809. The molecule has 1 aromatic carbocycles. The maximum Gasteiger partial charge on any atom is 0.303 e. The molecule has 0 aromatic heterocycles. The van der Waals surface area contributed by atoms with E-state index in [1.807, 2.05) is 25.1 Å². The van der Waals surface area contributed by atoms with Gasteiger partial charge in [0.05, 0.1) is 0 Å². The minimum absolute atomic E-state index is 0.104. The van der Waals surface area contributed by atoms with Crippen molar-refractivity contribution in [3.05, 3.63) is 33.8 Å². The number of hydrogen-bond donors (Lipinski definition) is 2. The predicted octanol–water partition coefficient (Wildman–Crippen LogP) is 2.62. The van der Waals surface area contributed by atoms with E-state index in [4.69, 9.17) is 10.8 Å². The first kappa shape index (κ1) is 12.2. The average molecular weight is 272 g/mol. The smallest absolute Gasteiger partial charge is 0.303 e. The monoisotopic (exact) mass is 271 g/mol. The number of aliphatic carboxylic acids is 1. The highest BCUT2D eigenvalue weighted by atomic mass is 79.9. The Balaban J connectivity index is 2.69. The topological polar surface area (TPSA) is 63.3 Å². The highest BCUT2D eigenvalue weighted by molar-refractivity contribution is 9.10. The van der Waals surface area contributed by atoms with E-state index in [0.29, 0.717) is 6.42 Å². The molecule has 3 N–H and O–H groups in total. The zero-order valence-electron chi connectivity index (χ0n) is 8.53. The Morgan fingerprint density at radius 1 is 1.60 bits per heavy atom. The summed E-state index contributed by atoms with van der Waals surface area (Å²) >= 11 is 3.42. The van der Waals surface area contributed by atoms with Crippen molar-refractivity contribution in [2.75, 3.05) is 0 Å². The molecule has 0 fully saturated rings. The van der Waals surface area contributed by atoms with Gasteiger partial charge in [0.2, 0.25) is 0 Å². The van der Waals surface area contributed by atoms with Crippen LogP contribution in [-0.2, 0) is 4.79 Å². The molecule has 0 radical (unpaired) electrons. The molecular formula is C11H14BrNO2. The van der Waals surface area contributed by atoms with Crippen LogP contribution in [0.25, 0.3) is 0 Å². The third kappa shape index (κ3) is 3.64. The molecule has 15 heavy (non-hydrogen) atoms. The van der Waals surface area contributed by atoms with Gasteiger partial charge in [-0.25, -0.2) is 0 Å². The molecule has 0 saturated heterocycles. The van der Waals surface area contributed by atoms with Crippen molar-refractivity contribution >= 4 is 21.9 Å². The van der Waals surface area contributed by atoms with Crippen molar-refractivity contribution < 1.29 is 9.90 Å². The van der Waals surface area contributed by atoms with Crippen molar-refractivity contribution in [3.8, 4) is 0 Å². The lowest BCUT2D eigenvalue weighted by Gasteiger charge is -2.11. The van der Waals surface area contributed by atoms with Crippen LogP contribution in [0.1, 0.15) is 30.0 Å². The second-order valence-electron chi connectivity index (χ2n) is 3.55. The number of hydrogen-bond acceptors (Lipinski definition) is 2. The van der Waals surface area contributed by atoms with E-state index in [2.05, 4.69) is 15.9 Å². The largest absolute Gasteiger partial charge is 0.481 e. The van der Waals surface area contributed by atoms with E-state index in [-0.39, 0.29) is 12.5 Å². The third-order valence-electron chi connectivity index (χ3n) is 2.29. The Morgan fingerprint density at radius 2 is 2.27 bits per heavy atom. The Morgan fingerprint density at radius 3 is 2.80 bits per heavy atom. The van der Waals surface area contributed by atoms with Crippen LogP contribution in [0.5, 0.6) is 0 Å². The van der Waals surface area contributed by atoms with Crippen LogP contribution in [0.15, 0.2) is 22.7 Å².